The molecule has 1 aliphatic heterocycles. The van der Waals surface area contributed by atoms with Crippen LogP contribution in [-0.2, 0) is 11.2 Å². The van der Waals surface area contributed by atoms with Gasteiger partial charge in [-0.25, -0.2) is 0 Å². The lowest BCUT2D eigenvalue weighted by atomic mass is 9.94. The predicted molar refractivity (Wildman–Crippen MR) is 101 cm³/mol. The molecule has 0 aromatic heterocycles. The second kappa shape index (κ2) is 8.45. The first-order chi connectivity index (χ1) is 12.7. The van der Waals surface area contributed by atoms with Crippen LogP contribution < -0.4 is 5.32 Å². The highest BCUT2D eigenvalue weighted by atomic mass is 16.3. The van der Waals surface area contributed by atoms with Crippen molar-refractivity contribution in [2.24, 2.45) is 0 Å². The van der Waals surface area contributed by atoms with Crippen LogP contribution >= 0.6 is 0 Å². The Bertz CT molecular complexity index is 802. The maximum absolute atomic E-state index is 12.9. The van der Waals surface area contributed by atoms with Gasteiger partial charge in [-0.2, -0.15) is 0 Å². The van der Waals surface area contributed by atoms with Gasteiger partial charge in [-0.1, -0.05) is 60.7 Å². The quantitative estimate of drug-likeness (QED) is 0.836. The van der Waals surface area contributed by atoms with E-state index in [4.69, 9.17) is 0 Å². The Kier molecular flexibility index (Phi) is 5.81. The first-order valence-corrected chi connectivity index (χ1v) is 8.69. The highest BCUT2D eigenvalue weighted by Crippen LogP contribution is 2.17. The van der Waals surface area contributed by atoms with E-state index in [1.807, 2.05) is 60.7 Å². The van der Waals surface area contributed by atoms with Crippen molar-refractivity contribution in [2.45, 2.75) is 12.5 Å². The molecule has 26 heavy (non-hydrogen) atoms. The second-order valence-electron chi connectivity index (χ2n) is 6.21. The minimum Gasteiger partial charge on any atom is -0.395 e. The van der Waals surface area contributed by atoms with Crippen molar-refractivity contribution < 1.29 is 14.7 Å². The summed E-state index contributed by atoms with van der Waals surface area (Å²) in [4.78, 5) is 26.7. The molecule has 5 nitrogen and oxygen atoms in total. The summed E-state index contributed by atoms with van der Waals surface area (Å²) in [6, 6.07) is 16.5. The molecule has 1 heterocycles. The van der Waals surface area contributed by atoms with E-state index in [9.17, 15) is 14.7 Å². The maximum atomic E-state index is 12.9. The number of aliphatic hydroxyl groups is 1. The Hall–Kier alpha value is -2.92. The first kappa shape index (κ1) is 17.9. The van der Waals surface area contributed by atoms with Crippen LogP contribution in [-0.4, -0.2) is 47.6 Å². The number of benzene rings is 2. The lowest BCUT2D eigenvalue weighted by Crippen LogP contribution is -2.52. The van der Waals surface area contributed by atoms with Crippen LogP contribution in [0.15, 0.2) is 60.7 Å². The number of aliphatic hydroxyl groups excluding tert-OH is 1. The Balaban J connectivity index is 1.69. The molecule has 2 aromatic rings. The SMILES string of the molecule is O=C1NC(C(=O)N(C/C=C/c2ccccc2)CCO)Cc2ccccc21. The van der Waals surface area contributed by atoms with Crippen molar-refractivity contribution >= 4 is 17.9 Å². The van der Waals surface area contributed by atoms with Crippen LogP contribution in [0.25, 0.3) is 6.08 Å². The molecule has 3 rings (SSSR count). The van der Waals surface area contributed by atoms with Crippen molar-refractivity contribution in [3.05, 3.63) is 77.4 Å². The standard InChI is InChI=1S/C21H22N2O3/c24-14-13-23(12-6-9-16-7-2-1-3-8-16)21(26)19-15-17-10-4-5-11-18(17)20(25)22-19/h1-11,19,24H,12-15H2,(H,22,25)/b9-6+. The highest BCUT2D eigenvalue weighted by Gasteiger charge is 2.31. The van der Waals surface area contributed by atoms with Crippen LogP contribution in [0.3, 0.4) is 0 Å². The fourth-order valence-corrected chi connectivity index (χ4v) is 3.09. The fourth-order valence-electron chi connectivity index (χ4n) is 3.09. The van der Waals surface area contributed by atoms with Crippen molar-refractivity contribution in [2.75, 3.05) is 19.7 Å². The molecule has 2 aromatic carbocycles. The third kappa shape index (κ3) is 4.18. The third-order valence-corrected chi connectivity index (χ3v) is 4.41. The first-order valence-electron chi connectivity index (χ1n) is 8.69. The Morgan fingerprint density at radius 3 is 2.65 bits per heavy atom. The van der Waals surface area contributed by atoms with Gasteiger partial charge in [0.25, 0.3) is 5.91 Å². The minimum atomic E-state index is -0.603. The second-order valence-corrected chi connectivity index (χ2v) is 6.21. The van der Waals surface area contributed by atoms with E-state index >= 15 is 0 Å². The number of rotatable bonds is 6. The smallest absolute Gasteiger partial charge is 0.252 e. The van der Waals surface area contributed by atoms with Gasteiger partial charge in [0.15, 0.2) is 0 Å². The summed E-state index contributed by atoms with van der Waals surface area (Å²) in [5.74, 6) is -0.409. The summed E-state index contributed by atoms with van der Waals surface area (Å²) in [6.45, 7) is 0.483. The molecular weight excluding hydrogens is 328 g/mol. The van der Waals surface area contributed by atoms with E-state index in [1.54, 1.807) is 11.0 Å². The largest absolute Gasteiger partial charge is 0.395 e. The minimum absolute atomic E-state index is 0.123. The van der Waals surface area contributed by atoms with E-state index in [0.29, 0.717) is 18.5 Å². The van der Waals surface area contributed by atoms with E-state index in [1.165, 1.54) is 0 Å². The van der Waals surface area contributed by atoms with Gasteiger partial charge >= 0.3 is 0 Å². The summed E-state index contributed by atoms with van der Waals surface area (Å²) < 4.78 is 0. The normalized spacial score (nSPS) is 16.2. The molecule has 0 radical (unpaired) electrons. The monoisotopic (exact) mass is 350 g/mol. The van der Waals surface area contributed by atoms with Crippen molar-refractivity contribution in [1.82, 2.24) is 10.2 Å². The highest BCUT2D eigenvalue weighted by molar-refractivity contribution is 6.00. The third-order valence-electron chi connectivity index (χ3n) is 4.41. The average Bonchev–Trinajstić information content (AvgIpc) is 2.67. The summed E-state index contributed by atoms with van der Waals surface area (Å²) in [6.07, 6.45) is 4.29. The molecule has 1 atom stereocenters. The average molecular weight is 350 g/mol. The van der Waals surface area contributed by atoms with Gasteiger partial charge < -0.3 is 15.3 Å². The number of hydrogen-bond donors (Lipinski definition) is 2. The molecule has 0 spiro atoms. The zero-order valence-electron chi connectivity index (χ0n) is 14.5. The van der Waals surface area contributed by atoms with Gasteiger partial charge in [-0.15, -0.1) is 0 Å². The van der Waals surface area contributed by atoms with Crippen LogP contribution in [0.5, 0.6) is 0 Å². The van der Waals surface area contributed by atoms with E-state index < -0.39 is 6.04 Å². The molecule has 134 valence electrons. The summed E-state index contributed by atoms with van der Waals surface area (Å²) >= 11 is 0. The van der Waals surface area contributed by atoms with E-state index in [0.717, 1.165) is 11.1 Å². The van der Waals surface area contributed by atoms with Gasteiger partial charge in [0.1, 0.15) is 6.04 Å². The number of nitrogens with one attached hydrogen (secondary N) is 1. The van der Waals surface area contributed by atoms with Gasteiger partial charge in [-0.3, -0.25) is 9.59 Å². The number of fused-ring (bicyclic) bond motifs is 1. The van der Waals surface area contributed by atoms with Crippen molar-refractivity contribution in [3.8, 4) is 0 Å². The number of carbonyl (C=O) groups excluding carboxylic acids is 2. The fraction of sp³-hybridized carbons (Fsp3) is 0.238. The van der Waals surface area contributed by atoms with Crippen LogP contribution in [0.1, 0.15) is 21.5 Å². The van der Waals surface area contributed by atoms with Gasteiger partial charge in [0.2, 0.25) is 5.91 Å². The number of amides is 2. The number of carbonyl (C=O) groups is 2. The topological polar surface area (TPSA) is 69.6 Å². The zero-order valence-corrected chi connectivity index (χ0v) is 14.5. The number of hydrogen-bond acceptors (Lipinski definition) is 3. The molecule has 0 saturated carbocycles. The molecule has 1 aliphatic rings. The molecule has 2 N–H and O–H groups in total. The van der Waals surface area contributed by atoms with Crippen molar-refractivity contribution in [1.29, 1.82) is 0 Å². The number of nitrogens with zero attached hydrogens (tertiary/aromatic N) is 1. The summed E-state index contributed by atoms with van der Waals surface area (Å²) in [5.41, 5.74) is 2.54. The van der Waals surface area contributed by atoms with E-state index in [-0.39, 0.29) is 25.0 Å². The van der Waals surface area contributed by atoms with Crippen LogP contribution in [0.4, 0.5) is 0 Å². The molecule has 0 fully saturated rings. The van der Waals surface area contributed by atoms with E-state index in [2.05, 4.69) is 5.32 Å². The van der Waals surface area contributed by atoms with Gasteiger partial charge in [-0.05, 0) is 17.2 Å². The lowest BCUT2D eigenvalue weighted by Gasteiger charge is -2.30. The molecular formula is C21H22N2O3. The van der Waals surface area contributed by atoms with Crippen LogP contribution in [0, 0.1) is 0 Å². The maximum Gasteiger partial charge on any atom is 0.252 e. The van der Waals surface area contributed by atoms with Gasteiger partial charge in [0.05, 0.1) is 6.61 Å². The molecule has 0 aliphatic carbocycles. The Morgan fingerprint density at radius 2 is 1.88 bits per heavy atom. The molecule has 5 heteroatoms. The van der Waals surface area contributed by atoms with Crippen LogP contribution in [0.2, 0.25) is 0 Å². The zero-order chi connectivity index (χ0) is 18.4. The summed E-state index contributed by atoms with van der Waals surface area (Å²) in [7, 11) is 0. The summed E-state index contributed by atoms with van der Waals surface area (Å²) in [5, 5.41) is 12.1. The Morgan fingerprint density at radius 1 is 1.15 bits per heavy atom. The molecule has 1 unspecified atom stereocenters. The Labute approximate surface area is 153 Å². The molecule has 2 amide bonds. The lowest BCUT2D eigenvalue weighted by molar-refractivity contribution is -0.133. The van der Waals surface area contributed by atoms with Gasteiger partial charge in [0, 0.05) is 25.1 Å². The molecule has 0 bridgehead atoms. The predicted octanol–water partition coefficient (Wildman–Crippen LogP) is 1.88. The molecule has 0 saturated heterocycles. The van der Waals surface area contributed by atoms with Crippen molar-refractivity contribution in [3.63, 3.8) is 0 Å².